The van der Waals surface area contributed by atoms with E-state index in [-0.39, 0.29) is 12.1 Å². The molecule has 1 unspecified atom stereocenters. The van der Waals surface area contributed by atoms with E-state index in [1.165, 1.54) is 0 Å². The van der Waals surface area contributed by atoms with Gasteiger partial charge >= 0.3 is 6.03 Å². The Morgan fingerprint density at radius 1 is 1.35 bits per heavy atom. The summed E-state index contributed by atoms with van der Waals surface area (Å²) in [6.45, 7) is 0.281. The van der Waals surface area contributed by atoms with Crippen molar-refractivity contribution in [3.63, 3.8) is 0 Å². The molecule has 118 valence electrons. The number of hydrogen-bond donors (Lipinski definition) is 1. The minimum absolute atomic E-state index is 0.281. The highest BCUT2D eigenvalue weighted by Crippen LogP contribution is 2.13. The van der Waals surface area contributed by atoms with Crippen molar-refractivity contribution in [2.75, 3.05) is 6.26 Å². The number of rotatable bonds is 3. The maximum atomic E-state index is 12.2. The number of pyridine rings is 1. The van der Waals surface area contributed by atoms with Crippen LogP contribution in [0.5, 0.6) is 0 Å². The zero-order valence-corrected chi connectivity index (χ0v) is 13.8. The SMILES string of the molecule is C[S+]([O-])c1ccc(CNC(=O)n2sc3ncccc3c2=O)cc1. The van der Waals surface area contributed by atoms with Gasteiger partial charge in [-0.05, 0) is 52.5 Å². The lowest BCUT2D eigenvalue weighted by atomic mass is 10.2. The molecule has 0 spiro atoms. The average Bonchev–Trinajstić information content (AvgIpc) is 2.90. The van der Waals surface area contributed by atoms with Crippen molar-refractivity contribution in [2.24, 2.45) is 0 Å². The van der Waals surface area contributed by atoms with Crippen molar-refractivity contribution in [3.8, 4) is 0 Å². The minimum atomic E-state index is -1.03. The fraction of sp³-hybridized carbons (Fsp3) is 0.133. The van der Waals surface area contributed by atoms with Crippen LogP contribution in [-0.4, -0.2) is 25.8 Å². The molecule has 2 aromatic heterocycles. The van der Waals surface area contributed by atoms with Gasteiger partial charge in [0.1, 0.15) is 11.1 Å². The highest BCUT2D eigenvalue weighted by atomic mass is 32.2. The van der Waals surface area contributed by atoms with Crippen LogP contribution in [0.25, 0.3) is 10.2 Å². The zero-order chi connectivity index (χ0) is 16.4. The van der Waals surface area contributed by atoms with Gasteiger partial charge in [-0.15, -0.1) is 0 Å². The van der Waals surface area contributed by atoms with E-state index in [2.05, 4.69) is 10.3 Å². The van der Waals surface area contributed by atoms with Gasteiger partial charge in [0.15, 0.2) is 4.90 Å². The van der Waals surface area contributed by atoms with E-state index in [1.807, 2.05) is 0 Å². The summed E-state index contributed by atoms with van der Waals surface area (Å²) >= 11 is -0.0156. The molecule has 0 aliphatic rings. The highest BCUT2D eigenvalue weighted by molar-refractivity contribution is 7.90. The summed E-state index contributed by atoms with van der Waals surface area (Å²) in [5.41, 5.74) is 0.493. The molecule has 6 nitrogen and oxygen atoms in total. The number of carbonyl (C=O) groups is 1. The quantitative estimate of drug-likeness (QED) is 0.734. The summed E-state index contributed by atoms with van der Waals surface area (Å²) in [7, 11) is 0. The molecule has 8 heteroatoms. The van der Waals surface area contributed by atoms with Crippen LogP contribution >= 0.6 is 11.5 Å². The molecule has 0 bridgehead atoms. The Morgan fingerprint density at radius 3 is 2.74 bits per heavy atom. The van der Waals surface area contributed by atoms with Crippen molar-refractivity contribution < 1.29 is 9.35 Å². The average molecular weight is 347 g/mol. The molecule has 0 aliphatic carbocycles. The highest BCUT2D eigenvalue weighted by Gasteiger charge is 2.14. The van der Waals surface area contributed by atoms with E-state index in [9.17, 15) is 14.1 Å². The summed E-state index contributed by atoms with van der Waals surface area (Å²) in [6, 6.07) is 9.94. The topological polar surface area (TPSA) is 87.0 Å². The second-order valence-corrected chi connectivity index (χ2v) is 7.12. The first-order valence-electron chi connectivity index (χ1n) is 6.74. The number of hydrogen-bond acceptors (Lipinski definition) is 5. The third-order valence-electron chi connectivity index (χ3n) is 3.25. The fourth-order valence-electron chi connectivity index (χ4n) is 2.05. The van der Waals surface area contributed by atoms with Gasteiger partial charge in [0.2, 0.25) is 0 Å². The predicted octanol–water partition coefficient (Wildman–Crippen LogP) is 1.95. The zero-order valence-electron chi connectivity index (χ0n) is 12.2. The molecule has 0 fully saturated rings. The second-order valence-electron chi connectivity index (χ2n) is 4.80. The number of aromatic nitrogens is 2. The largest absolute Gasteiger partial charge is 0.612 e. The Bertz CT molecular complexity index is 900. The van der Waals surface area contributed by atoms with Crippen LogP contribution < -0.4 is 10.9 Å². The van der Waals surface area contributed by atoms with Gasteiger partial charge in [-0.3, -0.25) is 4.79 Å². The first kappa shape index (κ1) is 15.7. The number of nitrogens with zero attached hydrogens (tertiary/aromatic N) is 2. The van der Waals surface area contributed by atoms with Crippen LogP contribution in [0.15, 0.2) is 52.3 Å². The molecule has 3 aromatic rings. The molecule has 0 aliphatic heterocycles. The number of carbonyl (C=O) groups excluding carboxylic acids is 1. The Kier molecular flexibility index (Phi) is 4.46. The molecule has 1 N–H and O–H groups in total. The molecule has 0 radical (unpaired) electrons. The van der Waals surface area contributed by atoms with Crippen molar-refractivity contribution in [3.05, 3.63) is 58.5 Å². The van der Waals surface area contributed by atoms with E-state index >= 15 is 0 Å². The monoisotopic (exact) mass is 347 g/mol. The maximum Gasteiger partial charge on any atom is 0.338 e. The van der Waals surface area contributed by atoms with E-state index in [4.69, 9.17) is 0 Å². The molecule has 3 rings (SSSR count). The van der Waals surface area contributed by atoms with Gasteiger partial charge in [-0.1, -0.05) is 12.1 Å². The van der Waals surface area contributed by atoms with Crippen LogP contribution in [0.3, 0.4) is 0 Å². The molecule has 1 atom stereocenters. The molecule has 0 saturated heterocycles. The molecule has 23 heavy (non-hydrogen) atoms. The Morgan fingerprint density at radius 2 is 2.09 bits per heavy atom. The van der Waals surface area contributed by atoms with Crippen LogP contribution in [-0.2, 0) is 17.7 Å². The molecule has 0 saturated carbocycles. The van der Waals surface area contributed by atoms with E-state index in [0.717, 1.165) is 25.9 Å². The number of benzene rings is 1. The first-order valence-corrected chi connectivity index (χ1v) is 9.07. The standard InChI is InChI=1S/C15H13N3O3S2/c1-23(21)11-6-4-10(5-7-11)9-17-15(20)18-14(19)12-3-2-8-16-13(12)22-18/h2-8H,9H2,1H3,(H,17,20). The van der Waals surface area contributed by atoms with E-state index in [0.29, 0.717) is 10.2 Å². The molecule has 2 heterocycles. The van der Waals surface area contributed by atoms with Crippen LogP contribution in [0.4, 0.5) is 4.79 Å². The summed E-state index contributed by atoms with van der Waals surface area (Å²) < 4.78 is 12.4. The summed E-state index contributed by atoms with van der Waals surface area (Å²) in [5, 5.41) is 3.13. The summed E-state index contributed by atoms with van der Waals surface area (Å²) in [6.07, 6.45) is 3.19. The fourth-order valence-corrected chi connectivity index (χ4v) is 3.43. The van der Waals surface area contributed by atoms with Crippen LogP contribution in [0.2, 0.25) is 0 Å². The maximum absolute atomic E-state index is 12.2. The van der Waals surface area contributed by atoms with Crippen molar-refractivity contribution in [1.82, 2.24) is 14.3 Å². The van der Waals surface area contributed by atoms with Gasteiger partial charge in [-0.25, -0.2) is 9.78 Å². The third-order valence-corrected chi connectivity index (χ3v) is 5.20. The van der Waals surface area contributed by atoms with Crippen molar-refractivity contribution >= 4 is 39.0 Å². The summed E-state index contributed by atoms with van der Waals surface area (Å²) in [4.78, 5) is 29.6. The van der Waals surface area contributed by atoms with Crippen LogP contribution in [0.1, 0.15) is 5.56 Å². The Balaban J connectivity index is 1.73. The normalized spacial score (nSPS) is 12.3. The lowest BCUT2D eigenvalue weighted by Gasteiger charge is -2.07. The smallest absolute Gasteiger partial charge is 0.338 e. The minimum Gasteiger partial charge on any atom is -0.612 e. The number of amides is 1. The van der Waals surface area contributed by atoms with Gasteiger partial charge < -0.3 is 9.87 Å². The number of fused-ring (bicyclic) bond motifs is 1. The molecule has 1 aromatic carbocycles. The Labute approximate surface area is 139 Å². The third kappa shape index (κ3) is 3.29. The molecular formula is C15H13N3O3S2. The van der Waals surface area contributed by atoms with Crippen molar-refractivity contribution in [2.45, 2.75) is 11.4 Å². The second kappa shape index (κ2) is 6.53. The first-order chi connectivity index (χ1) is 11.1. The van der Waals surface area contributed by atoms with Gasteiger partial charge in [-0.2, -0.15) is 3.96 Å². The van der Waals surface area contributed by atoms with Gasteiger partial charge in [0, 0.05) is 12.7 Å². The lowest BCUT2D eigenvalue weighted by Crippen LogP contribution is -2.32. The number of nitrogens with one attached hydrogen (secondary N) is 1. The van der Waals surface area contributed by atoms with Gasteiger partial charge in [0.25, 0.3) is 5.56 Å². The van der Waals surface area contributed by atoms with E-state index < -0.39 is 17.2 Å². The van der Waals surface area contributed by atoms with Gasteiger partial charge in [0.05, 0.1) is 5.39 Å². The van der Waals surface area contributed by atoms with Crippen LogP contribution in [0, 0.1) is 0 Å². The molecular weight excluding hydrogens is 334 g/mol. The molecule has 1 amide bonds. The van der Waals surface area contributed by atoms with E-state index in [1.54, 1.807) is 48.9 Å². The predicted molar refractivity (Wildman–Crippen MR) is 90.3 cm³/mol. The lowest BCUT2D eigenvalue weighted by molar-refractivity contribution is 0.243. The Hall–Kier alpha value is -2.16. The van der Waals surface area contributed by atoms with Crippen molar-refractivity contribution in [1.29, 1.82) is 0 Å². The summed E-state index contributed by atoms with van der Waals surface area (Å²) in [5.74, 6) is 0.